The van der Waals surface area contributed by atoms with Gasteiger partial charge in [0.2, 0.25) is 5.95 Å². The van der Waals surface area contributed by atoms with E-state index < -0.39 is 20.7 Å². The molecule has 1 aromatic heterocycles. The Morgan fingerprint density at radius 2 is 1.95 bits per heavy atom. The van der Waals surface area contributed by atoms with Gasteiger partial charge in [0.1, 0.15) is 21.7 Å². The maximum absolute atomic E-state index is 13.5. The van der Waals surface area contributed by atoms with Crippen molar-refractivity contribution in [1.82, 2.24) is 9.97 Å². The predicted octanol–water partition coefficient (Wildman–Crippen LogP) is 2.11. The second-order valence-corrected chi connectivity index (χ2v) is 5.72. The van der Waals surface area contributed by atoms with Crippen LogP contribution in [0, 0.1) is 5.82 Å². The highest BCUT2D eigenvalue weighted by molar-refractivity contribution is 7.92. The number of anilines is 2. The van der Waals surface area contributed by atoms with Crippen LogP contribution in [0.1, 0.15) is 0 Å². The van der Waals surface area contributed by atoms with Gasteiger partial charge in [0.25, 0.3) is 10.0 Å². The summed E-state index contributed by atoms with van der Waals surface area (Å²) >= 11 is 5.73. The third-order valence-corrected chi connectivity index (χ3v) is 3.87. The van der Waals surface area contributed by atoms with Crippen molar-refractivity contribution in [3.05, 3.63) is 41.3 Å². The zero-order chi connectivity index (χ0) is 14.8. The molecular formula is C11H10ClFN4O2S. The van der Waals surface area contributed by atoms with Gasteiger partial charge in [-0.1, -0.05) is 23.7 Å². The molecule has 2 N–H and O–H groups in total. The monoisotopic (exact) mass is 316 g/mol. The summed E-state index contributed by atoms with van der Waals surface area (Å²) in [5.74, 6) is -0.768. The molecule has 9 heteroatoms. The molecule has 0 atom stereocenters. The van der Waals surface area contributed by atoms with Gasteiger partial charge in [-0.15, -0.1) is 0 Å². The number of hydrogen-bond acceptors (Lipinski definition) is 5. The van der Waals surface area contributed by atoms with Gasteiger partial charge < -0.3 is 5.32 Å². The first-order valence-electron chi connectivity index (χ1n) is 5.42. The van der Waals surface area contributed by atoms with Crippen LogP contribution >= 0.6 is 11.6 Å². The molecule has 20 heavy (non-hydrogen) atoms. The summed E-state index contributed by atoms with van der Waals surface area (Å²) in [5.41, 5.74) is 0. The molecule has 2 aromatic rings. The van der Waals surface area contributed by atoms with E-state index >= 15 is 0 Å². The average molecular weight is 317 g/mol. The molecule has 2 rings (SSSR count). The van der Waals surface area contributed by atoms with E-state index in [1.807, 2.05) is 0 Å². The second kappa shape index (κ2) is 5.59. The second-order valence-electron chi connectivity index (χ2n) is 3.69. The van der Waals surface area contributed by atoms with Crippen molar-refractivity contribution in [3.8, 4) is 0 Å². The van der Waals surface area contributed by atoms with Crippen LogP contribution in [0.3, 0.4) is 0 Å². The zero-order valence-corrected chi connectivity index (χ0v) is 11.8. The molecule has 0 amide bonds. The molecule has 0 spiro atoms. The lowest BCUT2D eigenvalue weighted by atomic mass is 10.4. The van der Waals surface area contributed by atoms with E-state index in [2.05, 4.69) is 20.0 Å². The highest BCUT2D eigenvalue weighted by Crippen LogP contribution is 2.20. The van der Waals surface area contributed by atoms with Crippen molar-refractivity contribution in [1.29, 1.82) is 0 Å². The zero-order valence-electron chi connectivity index (χ0n) is 10.3. The fourth-order valence-electron chi connectivity index (χ4n) is 1.44. The average Bonchev–Trinajstić information content (AvgIpc) is 2.37. The summed E-state index contributed by atoms with van der Waals surface area (Å²) < 4.78 is 39.8. The quantitative estimate of drug-likeness (QED) is 0.844. The number of rotatable bonds is 4. The smallest absolute Gasteiger partial charge is 0.265 e. The molecule has 6 nitrogen and oxygen atoms in total. The van der Waals surface area contributed by atoms with Crippen molar-refractivity contribution >= 4 is 33.4 Å². The summed E-state index contributed by atoms with van der Waals surface area (Å²) in [4.78, 5) is 7.21. The van der Waals surface area contributed by atoms with Gasteiger partial charge in [0.05, 0.1) is 0 Å². The topological polar surface area (TPSA) is 84.0 Å². The van der Waals surface area contributed by atoms with E-state index in [4.69, 9.17) is 11.6 Å². The SMILES string of the molecule is CNc1nc(Cl)cc(NS(=O)(=O)c2ccccc2F)n1. The van der Waals surface area contributed by atoms with Crippen molar-refractivity contribution in [2.45, 2.75) is 4.90 Å². The van der Waals surface area contributed by atoms with Crippen LogP contribution in [0.5, 0.6) is 0 Å². The normalized spacial score (nSPS) is 11.2. The molecule has 0 aliphatic carbocycles. The van der Waals surface area contributed by atoms with E-state index in [0.29, 0.717) is 0 Å². The molecule has 0 unspecified atom stereocenters. The largest absolute Gasteiger partial charge is 0.357 e. The Morgan fingerprint density at radius 3 is 2.60 bits per heavy atom. The number of nitrogens with one attached hydrogen (secondary N) is 2. The van der Waals surface area contributed by atoms with Crippen LogP contribution in [0.25, 0.3) is 0 Å². The van der Waals surface area contributed by atoms with Gasteiger partial charge in [-0.3, -0.25) is 4.72 Å². The maximum atomic E-state index is 13.5. The predicted molar refractivity (Wildman–Crippen MR) is 73.8 cm³/mol. The third-order valence-electron chi connectivity index (χ3n) is 2.28. The lowest BCUT2D eigenvalue weighted by Gasteiger charge is -2.09. The van der Waals surface area contributed by atoms with Gasteiger partial charge in [0, 0.05) is 13.1 Å². The number of aromatic nitrogens is 2. The molecule has 0 aliphatic heterocycles. The molecule has 1 heterocycles. The van der Waals surface area contributed by atoms with E-state index in [9.17, 15) is 12.8 Å². The Hall–Kier alpha value is -1.93. The summed E-state index contributed by atoms with van der Waals surface area (Å²) in [6.07, 6.45) is 0. The third kappa shape index (κ3) is 3.14. The highest BCUT2D eigenvalue weighted by atomic mass is 35.5. The lowest BCUT2D eigenvalue weighted by molar-refractivity contribution is 0.570. The van der Waals surface area contributed by atoms with E-state index in [-0.39, 0.29) is 16.9 Å². The van der Waals surface area contributed by atoms with E-state index in [1.165, 1.54) is 18.2 Å². The molecule has 0 radical (unpaired) electrons. The highest BCUT2D eigenvalue weighted by Gasteiger charge is 2.19. The fraction of sp³-hybridized carbons (Fsp3) is 0.0909. The Labute approximate surface area is 120 Å². The Kier molecular flexibility index (Phi) is 4.05. The molecule has 0 saturated carbocycles. The van der Waals surface area contributed by atoms with Crippen LogP contribution in [0.15, 0.2) is 35.2 Å². The van der Waals surface area contributed by atoms with Gasteiger partial charge in [-0.25, -0.2) is 17.8 Å². The van der Waals surface area contributed by atoms with Crippen LogP contribution in [-0.4, -0.2) is 25.4 Å². The first kappa shape index (κ1) is 14.5. The molecule has 0 fully saturated rings. The van der Waals surface area contributed by atoms with Gasteiger partial charge in [0.15, 0.2) is 0 Å². The molecule has 1 aromatic carbocycles. The number of hydrogen-bond donors (Lipinski definition) is 2. The summed E-state index contributed by atoms with van der Waals surface area (Å²) in [6.45, 7) is 0. The molecule has 0 aliphatic rings. The van der Waals surface area contributed by atoms with Gasteiger partial charge in [-0.05, 0) is 12.1 Å². The summed E-state index contributed by atoms with van der Waals surface area (Å²) in [6, 6.07) is 6.25. The Balaban J connectivity index is 2.38. The molecule has 0 bridgehead atoms. The van der Waals surface area contributed by atoms with Crippen molar-refractivity contribution in [2.75, 3.05) is 17.1 Å². The summed E-state index contributed by atoms with van der Waals surface area (Å²) in [7, 11) is -2.53. The van der Waals surface area contributed by atoms with Crippen LogP contribution in [-0.2, 0) is 10.0 Å². The number of halogens is 2. The minimum atomic E-state index is -4.09. The lowest BCUT2D eigenvalue weighted by Crippen LogP contribution is -2.16. The molecular weight excluding hydrogens is 307 g/mol. The van der Waals surface area contributed by atoms with Gasteiger partial charge >= 0.3 is 0 Å². The standard InChI is InChI=1S/C11H10ClFN4O2S/c1-14-11-15-9(12)6-10(16-11)17-20(18,19)8-5-3-2-4-7(8)13/h2-6H,1H3,(H2,14,15,16,17). The first-order chi connectivity index (χ1) is 9.42. The minimum Gasteiger partial charge on any atom is -0.357 e. The van der Waals surface area contributed by atoms with Crippen molar-refractivity contribution in [3.63, 3.8) is 0 Å². The summed E-state index contributed by atoms with van der Waals surface area (Å²) in [5, 5.41) is 2.68. The van der Waals surface area contributed by atoms with E-state index in [1.54, 1.807) is 7.05 Å². The van der Waals surface area contributed by atoms with Crippen molar-refractivity contribution in [2.24, 2.45) is 0 Å². The van der Waals surface area contributed by atoms with Crippen molar-refractivity contribution < 1.29 is 12.8 Å². The maximum Gasteiger partial charge on any atom is 0.265 e. The first-order valence-corrected chi connectivity index (χ1v) is 7.28. The number of nitrogens with zero attached hydrogens (tertiary/aromatic N) is 2. The minimum absolute atomic E-state index is 0.0515. The Morgan fingerprint density at radius 1 is 1.25 bits per heavy atom. The number of benzene rings is 1. The molecule has 106 valence electrons. The fourth-order valence-corrected chi connectivity index (χ4v) is 2.69. The number of sulfonamides is 1. The van der Waals surface area contributed by atoms with E-state index in [0.717, 1.165) is 12.1 Å². The Bertz CT molecular complexity index is 739. The van der Waals surface area contributed by atoms with Crippen LogP contribution in [0.4, 0.5) is 16.2 Å². The van der Waals surface area contributed by atoms with Crippen LogP contribution < -0.4 is 10.0 Å². The molecule has 0 saturated heterocycles. The van der Waals surface area contributed by atoms with Crippen LogP contribution in [0.2, 0.25) is 5.15 Å². The van der Waals surface area contributed by atoms with Gasteiger partial charge in [-0.2, -0.15) is 4.98 Å².